The van der Waals surface area contributed by atoms with Crippen LogP contribution in [0, 0.1) is 0 Å². The molecule has 0 amide bonds. The minimum absolute atomic E-state index is 0.817. The van der Waals surface area contributed by atoms with Crippen LogP contribution in [-0.4, -0.2) is 14.5 Å². The molecule has 0 spiro atoms. The molecular formula is C17H15N3OS2. The number of hydrogen-bond acceptors (Lipinski definition) is 5. The number of para-hydroxylation sites is 2. The molecule has 0 bridgehead atoms. The third kappa shape index (κ3) is 2.80. The molecule has 4 aromatic rings. The lowest BCUT2D eigenvalue weighted by molar-refractivity contribution is 0.568. The van der Waals surface area contributed by atoms with Crippen LogP contribution in [0.3, 0.4) is 0 Å². The van der Waals surface area contributed by atoms with Gasteiger partial charge in [0.15, 0.2) is 5.16 Å². The molecule has 0 unspecified atom stereocenters. The maximum Gasteiger partial charge on any atom is 0.169 e. The van der Waals surface area contributed by atoms with Gasteiger partial charge in [-0.05, 0) is 25.1 Å². The normalized spacial score (nSPS) is 11.3. The van der Waals surface area contributed by atoms with Crippen LogP contribution in [0.15, 0.2) is 57.8 Å². The van der Waals surface area contributed by atoms with Crippen molar-refractivity contribution in [1.82, 2.24) is 14.5 Å². The first-order chi connectivity index (χ1) is 11.3. The summed E-state index contributed by atoms with van der Waals surface area (Å²) in [5, 5.41) is 4.15. The first-order valence-corrected chi connectivity index (χ1v) is 9.26. The number of aryl methyl sites for hydroxylation is 1. The maximum atomic E-state index is 5.12. The van der Waals surface area contributed by atoms with Crippen LogP contribution in [-0.2, 0) is 12.3 Å². The fourth-order valence-electron chi connectivity index (χ4n) is 2.50. The smallest absolute Gasteiger partial charge is 0.169 e. The van der Waals surface area contributed by atoms with Crippen LogP contribution in [0.1, 0.15) is 12.6 Å². The summed E-state index contributed by atoms with van der Waals surface area (Å²) in [6.07, 6.45) is 3.40. The van der Waals surface area contributed by atoms with Gasteiger partial charge in [-0.1, -0.05) is 23.9 Å². The Bertz CT molecular complexity index is 925. The van der Waals surface area contributed by atoms with Gasteiger partial charge in [0.05, 0.1) is 23.0 Å². The summed E-state index contributed by atoms with van der Waals surface area (Å²) in [4.78, 5) is 9.42. The van der Waals surface area contributed by atoms with Crippen molar-refractivity contribution in [3.63, 3.8) is 0 Å². The van der Waals surface area contributed by atoms with E-state index in [1.807, 2.05) is 12.1 Å². The SMILES string of the molecule is CCn1c(SCc2csc(-c3ccoc3)n2)nc2ccccc21. The van der Waals surface area contributed by atoms with Crippen molar-refractivity contribution in [3.05, 3.63) is 53.9 Å². The Hall–Kier alpha value is -2.05. The van der Waals surface area contributed by atoms with Crippen LogP contribution in [0.2, 0.25) is 0 Å². The van der Waals surface area contributed by atoms with E-state index in [2.05, 4.69) is 40.1 Å². The minimum Gasteiger partial charge on any atom is -0.472 e. The number of fused-ring (bicyclic) bond motifs is 1. The number of benzene rings is 1. The van der Waals surface area contributed by atoms with E-state index in [-0.39, 0.29) is 0 Å². The predicted octanol–water partition coefficient (Wildman–Crippen LogP) is 5.07. The molecule has 4 nitrogen and oxygen atoms in total. The highest BCUT2D eigenvalue weighted by molar-refractivity contribution is 7.98. The summed E-state index contributed by atoms with van der Waals surface area (Å²) in [5.41, 5.74) is 4.35. The van der Waals surface area contributed by atoms with Gasteiger partial charge in [0.1, 0.15) is 11.3 Å². The largest absolute Gasteiger partial charge is 0.472 e. The topological polar surface area (TPSA) is 43.9 Å². The average molecular weight is 341 g/mol. The zero-order valence-electron chi connectivity index (χ0n) is 12.6. The summed E-state index contributed by atoms with van der Waals surface area (Å²) >= 11 is 3.38. The van der Waals surface area contributed by atoms with Crippen LogP contribution >= 0.6 is 23.1 Å². The Kier molecular flexibility index (Phi) is 3.93. The molecule has 6 heteroatoms. The number of furan rings is 1. The summed E-state index contributed by atoms with van der Waals surface area (Å²) in [5.74, 6) is 0.817. The van der Waals surface area contributed by atoms with Crippen molar-refractivity contribution in [2.75, 3.05) is 0 Å². The molecular weight excluding hydrogens is 326 g/mol. The molecule has 0 saturated carbocycles. The van der Waals surface area contributed by atoms with Gasteiger partial charge in [0, 0.05) is 23.2 Å². The third-order valence-electron chi connectivity index (χ3n) is 3.60. The van der Waals surface area contributed by atoms with Crippen molar-refractivity contribution in [2.45, 2.75) is 24.4 Å². The van der Waals surface area contributed by atoms with Gasteiger partial charge >= 0.3 is 0 Å². The first kappa shape index (κ1) is 14.5. The first-order valence-electron chi connectivity index (χ1n) is 7.40. The second-order valence-corrected chi connectivity index (χ2v) is 6.87. The Labute approximate surface area is 142 Å². The van der Waals surface area contributed by atoms with Crippen LogP contribution in [0.5, 0.6) is 0 Å². The second-order valence-electron chi connectivity index (χ2n) is 5.07. The van der Waals surface area contributed by atoms with E-state index in [1.54, 1.807) is 35.6 Å². The van der Waals surface area contributed by atoms with E-state index < -0.39 is 0 Å². The van der Waals surface area contributed by atoms with Crippen molar-refractivity contribution in [3.8, 4) is 10.6 Å². The Balaban J connectivity index is 1.55. The molecule has 0 aliphatic rings. The lowest BCUT2D eigenvalue weighted by Gasteiger charge is -2.04. The minimum atomic E-state index is 0.817. The average Bonchev–Trinajstić information content (AvgIpc) is 3.30. The Morgan fingerprint density at radius 2 is 2.13 bits per heavy atom. The van der Waals surface area contributed by atoms with Crippen molar-refractivity contribution >= 4 is 34.1 Å². The molecule has 0 N–H and O–H groups in total. The number of rotatable bonds is 5. The standard InChI is InChI=1S/C17H15N3OS2/c1-2-20-15-6-4-3-5-14(15)19-17(20)23-11-13-10-22-16(18-13)12-7-8-21-9-12/h3-10H,2,11H2,1H3. The molecule has 0 aliphatic heterocycles. The number of thiazole rings is 1. The van der Waals surface area contributed by atoms with Crippen LogP contribution < -0.4 is 0 Å². The summed E-state index contributed by atoms with van der Waals surface area (Å²) in [6, 6.07) is 10.2. The van der Waals surface area contributed by atoms with E-state index in [0.29, 0.717) is 0 Å². The molecule has 1 aromatic carbocycles. The van der Waals surface area contributed by atoms with Crippen LogP contribution in [0.4, 0.5) is 0 Å². The van der Waals surface area contributed by atoms with E-state index in [4.69, 9.17) is 9.40 Å². The highest BCUT2D eigenvalue weighted by Crippen LogP contribution is 2.29. The summed E-state index contributed by atoms with van der Waals surface area (Å²) in [6.45, 7) is 3.07. The fraction of sp³-hybridized carbons (Fsp3) is 0.176. The zero-order valence-corrected chi connectivity index (χ0v) is 14.2. The number of imidazole rings is 1. The highest BCUT2D eigenvalue weighted by atomic mass is 32.2. The monoisotopic (exact) mass is 341 g/mol. The van der Waals surface area contributed by atoms with Gasteiger partial charge < -0.3 is 8.98 Å². The maximum absolute atomic E-state index is 5.12. The molecule has 3 heterocycles. The lowest BCUT2D eigenvalue weighted by Crippen LogP contribution is -1.96. The van der Waals surface area contributed by atoms with Gasteiger partial charge in [-0.15, -0.1) is 11.3 Å². The second kappa shape index (κ2) is 6.22. The van der Waals surface area contributed by atoms with Crippen molar-refractivity contribution in [2.24, 2.45) is 0 Å². The van der Waals surface area contributed by atoms with Gasteiger partial charge in [-0.3, -0.25) is 0 Å². The van der Waals surface area contributed by atoms with Gasteiger partial charge in [-0.25, -0.2) is 9.97 Å². The van der Waals surface area contributed by atoms with Gasteiger partial charge in [0.2, 0.25) is 0 Å². The Morgan fingerprint density at radius 1 is 1.22 bits per heavy atom. The molecule has 0 radical (unpaired) electrons. The van der Waals surface area contributed by atoms with Crippen molar-refractivity contribution in [1.29, 1.82) is 0 Å². The number of hydrogen-bond donors (Lipinski definition) is 0. The zero-order chi connectivity index (χ0) is 15.6. The molecule has 0 atom stereocenters. The molecule has 23 heavy (non-hydrogen) atoms. The van der Waals surface area contributed by atoms with E-state index >= 15 is 0 Å². The summed E-state index contributed by atoms with van der Waals surface area (Å²) < 4.78 is 7.37. The number of nitrogens with zero attached hydrogens (tertiary/aromatic N) is 3. The highest BCUT2D eigenvalue weighted by Gasteiger charge is 2.11. The van der Waals surface area contributed by atoms with E-state index in [1.165, 1.54) is 5.52 Å². The number of thioether (sulfide) groups is 1. The van der Waals surface area contributed by atoms with Gasteiger partial charge in [-0.2, -0.15) is 0 Å². The molecule has 116 valence electrons. The summed E-state index contributed by atoms with van der Waals surface area (Å²) in [7, 11) is 0. The molecule has 0 saturated heterocycles. The molecule has 0 aliphatic carbocycles. The van der Waals surface area contributed by atoms with Crippen molar-refractivity contribution < 1.29 is 4.42 Å². The van der Waals surface area contributed by atoms with Gasteiger partial charge in [0.25, 0.3) is 0 Å². The molecule has 4 rings (SSSR count). The van der Waals surface area contributed by atoms with E-state index in [9.17, 15) is 0 Å². The van der Waals surface area contributed by atoms with E-state index in [0.717, 1.165) is 39.2 Å². The third-order valence-corrected chi connectivity index (χ3v) is 5.55. The fourth-order valence-corrected chi connectivity index (χ4v) is 4.38. The number of aromatic nitrogens is 3. The molecule has 0 fully saturated rings. The predicted molar refractivity (Wildman–Crippen MR) is 94.8 cm³/mol. The quantitative estimate of drug-likeness (QED) is 0.476. The molecule has 3 aromatic heterocycles. The lowest BCUT2D eigenvalue weighted by atomic mass is 10.3. The Morgan fingerprint density at radius 3 is 2.96 bits per heavy atom. The van der Waals surface area contributed by atoms with Crippen LogP contribution in [0.25, 0.3) is 21.6 Å².